The van der Waals surface area contributed by atoms with Crippen molar-refractivity contribution in [1.29, 1.82) is 0 Å². The normalized spacial score (nSPS) is 3.94. The van der Waals surface area contributed by atoms with E-state index in [4.69, 9.17) is 9.11 Å². The second-order valence-electron chi connectivity index (χ2n) is 1.57. The van der Waals surface area contributed by atoms with E-state index in [0.29, 0.717) is 0 Å². The van der Waals surface area contributed by atoms with E-state index >= 15 is 0 Å². The second-order valence-corrected chi connectivity index (χ2v) is 4.72. The van der Waals surface area contributed by atoms with Gasteiger partial charge in [0, 0.05) is 313 Å². The molecule has 34 heavy (non-hydrogen) atoms. The summed E-state index contributed by atoms with van der Waals surface area (Å²) in [5, 5.41) is 0. The molecule has 0 atom stereocenters. The topological polar surface area (TPSA) is 424 Å². The first-order valence-corrected chi connectivity index (χ1v) is 5.33. The van der Waals surface area contributed by atoms with Crippen LogP contribution in [0.25, 0.3) is 0 Å². The molecule has 22 N–H and O–H groups in total. The van der Waals surface area contributed by atoms with Crippen molar-refractivity contribution in [3.05, 3.63) is 0 Å². The van der Waals surface area contributed by atoms with Crippen molar-refractivity contribution in [3.8, 4) is 0 Å². The Bertz CT molecular complexity index is 288. The summed E-state index contributed by atoms with van der Waals surface area (Å²) in [5.74, 6) is -1.96. The fraction of sp³-hybridized carbons (Fsp3) is 1.00. The molecule has 0 bridgehead atoms. The van der Waals surface area contributed by atoms with Crippen LogP contribution in [0.2, 0.25) is 0 Å². The van der Waals surface area contributed by atoms with Crippen LogP contribution in [-0.2, 0) is 334 Å². The predicted octanol–water partition coefficient (Wildman–Crippen LogP) is -9.52. The molecular formula is C2H26Ag14O16S2. The van der Waals surface area contributed by atoms with Gasteiger partial charge in [-0.25, -0.2) is 0 Å². The Labute approximate surface area is 416 Å². The van der Waals surface area contributed by atoms with Crippen LogP contribution < -0.4 is 0 Å². The SMILES string of the molecule is O.O.O.O.O.O.O.O.O.O.O=S(=O)(O)CCS(=O)(=O)O.[Ag].[Ag].[Ag].[Ag].[Ag].[Ag].[Ag].[Ag].[Ag].[Ag].[Ag].[Ag].[Ag].[Ag]. The minimum atomic E-state index is -4.30. The van der Waals surface area contributed by atoms with Crippen molar-refractivity contribution in [2.75, 3.05) is 11.5 Å². The Hall–Kier alpha value is 9.78. The van der Waals surface area contributed by atoms with E-state index in [-0.39, 0.29) is 368 Å². The number of hydrogen-bond donors (Lipinski definition) is 2. The van der Waals surface area contributed by atoms with E-state index in [0.717, 1.165) is 0 Å². The first kappa shape index (κ1) is 227. The molecule has 0 aromatic heterocycles. The Kier molecular flexibility index (Phi) is 882. The van der Waals surface area contributed by atoms with E-state index in [2.05, 4.69) is 0 Å². The van der Waals surface area contributed by atoms with E-state index in [1.54, 1.807) is 0 Å². The fourth-order valence-electron chi connectivity index (χ4n) is 0.211. The summed E-state index contributed by atoms with van der Waals surface area (Å²) in [6, 6.07) is 0. The van der Waals surface area contributed by atoms with E-state index < -0.39 is 31.7 Å². The first-order valence-electron chi connectivity index (χ1n) is 2.11. The number of hydrogen-bond acceptors (Lipinski definition) is 4. The average molecular weight is 1880 g/mol. The molecule has 32 heteroatoms. The summed E-state index contributed by atoms with van der Waals surface area (Å²) in [4.78, 5) is 0. The molecule has 0 amide bonds. The van der Waals surface area contributed by atoms with Crippen molar-refractivity contribution < 1.29 is 394 Å². The quantitative estimate of drug-likeness (QED) is 0.204. The summed E-state index contributed by atoms with van der Waals surface area (Å²) >= 11 is 0. The van der Waals surface area contributed by atoms with Gasteiger partial charge in [0.25, 0.3) is 20.2 Å². The van der Waals surface area contributed by atoms with Gasteiger partial charge in [-0.05, 0) is 0 Å². The van der Waals surface area contributed by atoms with Crippen LogP contribution in [0, 0.1) is 0 Å². The zero-order valence-corrected chi connectivity index (χ0v) is 36.4. The van der Waals surface area contributed by atoms with Crippen LogP contribution in [0.1, 0.15) is 0 Å². The van der Waals surface area contributed by atoms with Gasteiger partial charge < -0.3 is 54.8 Å². The predicted molar refractivity (Wildman–Crippen MR) is 69.0 cm³/mol. The molecule has 0 heterocycles. The van der Waals surface area contributed by atoms with Crippen molar-refractivity contribution in [2.45, 2.75) is 0 Å². The molecular weight excluding hydrogens is 1850 g/mol. The van der Waals surface area contributed by atoms with Gasteiger partial charge in [0.1, 0.15) is 0 Å². The molecule has 14 radical (unpaired) electrons. The van der Waals surface area contributed by atoms with Crippen molar-refractivity contribution in [3.63, 3.8) is 0 Å². The minimum Gasteiger partial charge on any atom is -0.412 e. The Balaban J connectivity index is -0.00000000147. The average Bonchev–Trinajstić information content (AvgIpc) is 1.57. The van der Waals surface area contributed by atoms with Gasteiger partial charge in [0.2, 0.25) is 0 Å². The molecule has 0 aliphatic rings. The molecule has 0 saturated carbocycles. The molecule has 0 aliphatic heterocycles. The van der Waals surface area contributed by atoms with Gasteiger partial charge in [-0.3, -0.25) is 9.11 Å². The summed E-state index contributed by atoms with van der Waals surface area (Å²) in [7, 11) is -8.59. The van der Waals surface area contributed by atoms with Crippen LogP contribution >= 0.6 is 0 Å². The third-order valence-corrected chi connectivity index (χ3v) is 2.30. The summed E-state index contributed by atoms with van der Waals surface area (Å²) in [6.07, 6.45) is 0. The number of rotatable bonds is 3. The Morgan fingerprint density at radius 1 is 0.294 bits per heavy atom. The Morgan fingerprint density at radius 3 is 0.382 bits per heavy atom. The van der Waals surface area contributed by atoms with Crippen LogP contribution in [-0.4, -0.2) is 92.2 Å². The van der Waals surface area contributed by atoms with E-state index in [1.807, 2.05) is 0 Å². The molecule has 16 nitrogen and oxygen atoms in total. The van der Waals surface area contributed by atoms with Crippen molar-refractivity contribution in [2.24, 2.45) is 0 Å². The van der Waals surface area contributed by atoms with Gasteiger partial charge >= 0.3 is 0 Å². The van der Waals surface area contributed by atoms with Crippen LogP contribution in [0.5, 0.6) is 0 Å². The third kappa shape index (κ3) is 247. The molecule has 0 aromatic rings. The van der Waals surface area contributed by atoms with Crippen molar-refractivity contribution >= 4 is 20.2 Å². The second kappa shape index (κ2) is 132. The molecule has 0 fully saturated rings. The van der Waals surface area contributed by atoms with Gasteiger partial charge in [0.05, 0.1) is 11.5 Å². The first-order chi connectivity index (χ1) is 4.21. The Morgan fingerprint density at radius 2 is 0.353 bits per heavy atom. The van der Waals surface area contributed by atoms with E-state index in [1.165, 1.54) is 0 Å². The van der Waals surface area contributed by atoms with Crippen molar-refractivity contribution in [1.82, 2.24) is 0 Å². The molecule has 0 aliphatic carbocycles. The monoisotopic (exact) mass is 1870 g/mol. The third-order valence-electron chi connectivity index (χ3n) is 0.599. The van der Waals surface area contributed by atoms with Gasteiger partial charge in [-0.15, -0.1) is 0 Å². The maximum atomic E-state index is 9.86. The molecule has 0 rings (SSSR count). The standard InChI is InChI=1S/C2H6O6S2.14Ag.10H2O/c3-9(4,5)1-2-10(6,7)8;;;;;;;;;;;;;;;;;;;;;;;;/h1-2H2,(H,3,4,5)(H,6,7,8);;;;;;;;;;;;;;;10*1H2. The summed E-state index contributed by atoms with van der Waals surface area (Å²) in [6.45, 7) is 0. The largest absolute Gasteiger partial charge is 0.412 e. The summed E-state index contributed by atoms with van der Waals surface area (Å²) < 4.78 is 55.4. The zero-order chi connectivity index (χ0) is 8.41. The maximum absolute atomic E-state index is 9.86. The van der Waals surface area contributed by atoms with Crippen LogP contribution in [0.3, 0.4) is 0 Å². The minimum absolute atomic E-state index is 0. The molecule has 0 saturated heterocycles. The molecule has 0 aromatic carbocycles. The van der Waals surface area contributed by atoms with Gasteiger partial charge in [-0.1, -0.05) is 0 Å². The van der Waals surface area contributed by atoms with Gasteiger partial charge in [-0.2, -0.15) is 16.8 Å². The smallest absolute Gasteiger partial charge is 0.265 e. The zero-order valence-electron chi connectivity index (χ0n) is 14.0. The molecule has 0 unspecified atom stereocenters. The van der Waals surface area contributed by atoms with E-state index in [9.17, 15) is 16.8 Å². The summed E-state index contributed by atoms with van der Waals surface area (Å²) in [5.41, 5.74) is 0. The molecule has 0 spiro atoms. The van der Waals surface area contributed by atoms with Crippen LogP contribution in [0.4, 0.5) is 0 Å². The van der Waals surface area contributed by atoms with Crippen LogP contribution in [0.15, 0.2) is 0 Å². The van der Waals surface area contributed by atoms with Gasteiger partial charge in [0.15, 0.2) is 0 Å². The molecule has 296 valence electrons. The maximum Gasteiger partial charge on any atom is 0.265 e. The fourth-order valence-corrected chi connectivity index (χ4v) is 1.90.